The van der Waals surface area contributed by atoms with Crippen molar-refractivity contribution in [3.8, 4) is 21.7 Å². The van der Waals surface area contributed by atoms with Gasteiger partial charge in [-0.3, -0.25) is 4.98 Å². The van der Waals surface area contributed by atoms with Crippen LogP contribution in [0.1, 0.15) is 0 Å². The zero-order chi connectivity index (χ0) is 21.0. The number of nitrogens with zero attached hydrogens (tertiary/aromatic N) is 6. The van der Waals surface area contributed by atoms with Gasteiger partial charge in [0.05, 0.1) is 18.9 Å². The van der Waals surface area contributed by atoms with Crippen molar-refractivity contribution in [2.75, 3.05) is 57.4 Å². The van der Waals surface area contributed by atoms with Crippen LogP contribution in [0.5, 0.6) is 0 Å². The molecule has 0 aromatic carbocycles. The molecule has 0 unspecified atom stereocenters. The van der Waals surface area contributed by atoms with E-state index in [0.29, 0.717) is 58.4 Å². The molecule has 31 heavy (non-hydrogen) atoms. The van der Waals surface area contributed by atoms with Gasteiger partial charge in [0, 0.05) is 73.9 Å². The Bertz CT molecular complexity index is 1020. The number of carbonyl (C=O) groups excluding carboxylic acids is 1. The van der Waals surface area contributed by atoms with Crippen LogP contribution in [-0.2, 0) is 4.74 Å². The Morgan fingerprint density at radius 3 is 2.48 bits per heavy atom. The highest BCUT2D eigenvalue weighted by molar-refractivity contribution is 7.13. The van der Waals surface area contributed by atoms with Gasteiger partial charge in [-0.1, -0.05) is 6.07 Å². The molecular formula is C22H24N6O2S. The number of pyridine rings is 1. The predicted molar refractivity (Wildman–Crippen MR) is 120 cm³/mol. The highest BCUT2D eigenvalue weighted by atomic mass is 32.1. The van der Waals surface area contributed by atoms with Crippen LogP contribution in [0.2, 0.25) is 0 Å². The van der Waals surface area contributed by atoms with E-state index in [1.54, 1.807) is 17.5 Å². The van der Waals surface area contributed by atoms with E-state index in [4.69, 9.17) is 9.72 Å². The lowest BCUT2D eigenvalue weighted by Gasteiger charge is -2.38. The Labute approximate surface area is 185 Å². The number of rotatable bonds is 3. The second-order valence-electron chi connectivity index (χ2n) is 7.51. The molecule has 2 aliphatic heterocycles. The molecule has 3 aromatic heterocycles. The average Bonchev–Trinajstić information content (AvgIpc) is 3.39. The Morgan fingerprint density at radius 1 is 0.968 bits per heavy atom. The SMILES string of the molecule is O=C(N1CCOCC1)N1CCN(c2ncc(-c3cccs3)c(-c3cccnc3)n2)CC1. The van der Waals surface area contributed by atoms with Crippen LogP contribution in [0, 0.1) is 0 Å². The lowest BCUT2D eigenvalue weighted by Crippen LogP contribution is -2.55. The van der Waals surface area contributed by atoms with Gasteiger partial charge in [0.1, 0.15) is 0 Å². The number of hydrogen-bond acceptors (Lipinski definition) is 7. The molecule has 3 aromatic rings. The lowest BCUT2D eigenvalue weighted by atomic mass is 10.1. The molecule has 0 atom stereocenters. The van der Waals surface area contributed by atoms with Crippen molar-refractivity contribution in [3.63, 3.8) is 0 Å². The van der Waals surface area contributed by atoms with Gasteiger partial charge in [0.2, 0.25) is 5.95 Å². The van der Waals surface area contributed by atoms with E-state index in [0.717, 1.165) is 21.7 Å². The third-order valence-electron chi connectivity index (χ3n) is 5.61. The van der Waals surface area contributed by atoms with Crippen LogP contribution >= 0.6 is 11.3 Å². The van der Waals surface area contributed by atoms with Crippen LogP contribution in [-0.4, -0.2) is 83.3 Å². The topological polar surface area (TPSA) is 74.7 Å². The molecule has 2 amide bonds. The summed E-state index contributed by atoms with van der Waals surface area (Å²) >= 11 is 1.67. The maximum atomic E-state index is 12.8. The number of amides is 2. The third kappa shape index (κ3) is 4.24. The molecule has 0 aliphatic carbocycles. The molecule has 2 saturated heterocycles. The highest BCUT2D eigenvalue weighted by Gasteiger charge is 2.27. The van der Waals surface area contributed by atoms with Gasteiger partial charge in [-0.2, -0.15) is 0 Å². The van der Waals surface area contributed by atoms with E-state index < -0.39 is 0 Å². The number of thiophene rings is 1. The van der Waals surface area contributed by atoms with Gasteiger partial charge >= 0.3 is 6.03 Å². The summed E-state index contributed by atoms with van der Waals surface area (Å²) < 4.78 is 5.36. The van der Waals surface area contributed by atoms with E-state index in [1.807, 2.05) is 40.4 Å². The first-order valence-corrected chi connectivity index (χ1v) is 11.4. The molecule has 0 bridgehead atoms. The van der Waals surface area contributed by atoms with Crippen LogP contribution < -0.4 is 4.90 Å². The van der Waals surface area contributed by atoms with Crippen molar-refractivity contribution in [1.82, 2.24) is 24.8 Å². The monoisotopic (exact) mass is 436 g/mol. The molecule has 0 saturated carbocycles. The zero-order valence-corrected chi connectivity index (χ0v) is 18.0. The number of aromatic nitrogens is 3. The Kier molecular flexibility index (Phi) is 5.77. The molecule has 8 nitrogen and oxygen atoms in total. The minimum Gasteiger partial charge on any atom is -0.378 e. The minimum atomic E-state index is 0.105. The van der Waals surface area contributed by atoms with Crippen molar-refractivity contribution >= 4 is 23.3 Å². The van der Waals surface area contributed by atoms with Crippen LogP contribution in [0.4, 0.5) is 10.7 Å². The minimum absolute atomic E-state index is 0.105. The fourth-order valence-electron chi connectivity index (χ4n) is 3.91. The number of carbonyl (C=O) groups is 1. The van der Waals surface area contributed by atoms with Gasteiger partial charge in [-0.05, 0) is 23.6 Å². The van der Waals surface area contributed by atoms with E-state index >= 15 is 0 Å². The first kappa shape index (κ1) is 19.9. The second kappa shape index (κ2) is 8.99. The molecule has 0 spiro atoms. The van der Waals surface area contributed by atoms with Gasteiger partial charge in [0.15, 0.2) is 0 Å². The summed E-state index contributed by atoms with van der Waals surface area (Å²) in [6.45, 7) is 5.31. The summed E-state index contributed by atoms with van der Waals surface area (Å²) in [5.41, 5.74) is 2.86. The first-order valence-electron chi connectivity index (χ1n) is 10.5. The summed E-state index contributed by atoms with van der Waals surface area (Å²) in [6.07, 6.45) is 5.50. The quantitative estimate of drug-likeness (QED) is 0.629. The number of hydrogen-bond donors (Lipinski definition) is 0. The normalized spacial score (nSPS) is 17.1. The molecule has 9 heteroatoms. The van der Waals surface area contributed by atoms with Crippen molar-refractivity contribution in [1.29, 1.82) is 0 Å². The van der Waals surface area contributed by atoms with E-state index in [2.05, 4.69) is 26.3 Å². The number of ether oxygens (including phenoxy) is 1. The number of anilines is 1. The van der Waals surface area contributed by atoms with Gasteiger partial charge in [-0.25, -0.2) is 14.8 Å². The third-order valence-corrected chi connectivity index (χ3v) is 6.52. The van der Waals surface area contributed by atoms with Crippen LogP contribution in [0.25, 0.3) is 21.7 Å². The fraction of sp³-hybridized carbons (Fsp3) is 0.364. The van der Waals surface area contributed by atoms with E-state index in [-0.39, 0.29) is 6.03 Å². The maximum absolute atomic E-state index is 12.8. The zero-order valence-electron chi connectivity index (χ0n) is 17.2. The predicted octanol–water partition coefficient (Wildman–Crippen LogP) is 2.84. The van der Waals surface area contributed by atoms with E-state index in [1.165, 1.54) is 0 Å². The summed E-state index contributed by atoms with van der Waals surface area (Å²) in [5.74, 6) is 0.692. The molecule has 2 fully saturated rings. The van der Waals surface area contributed by atoms with Gasteiger partial charge in [0.25, 0.3) is 0 Å². The molecule has 5 rings (SSSR count). The van der Waals surface area contributed by atoms with Crippen molar-refractivity contribution in [2.24, 2.45) is 0 Å². The van der Waals surface area contributed by atoms with Gasteiger partial charge in [-0.15, -0.1) is 11.3 Å². The molecule has 0 radical (unpaired) electrons. The van der Waals surface area contributed by atoms with Crippen LogP contribution in [0.3, 0.4) is 0 Å². The van der Waals surface area contributed by atoms with Crippen molar-refractivity contribution < 1.29 is 9.53 Å². The second-order valence-corrected chi connectivity index (χ2v) is 8.46. The standard InChI is InChI=1S/C22H24N6O2S/c29-22(28-10-12-30-13-11-28)27-8-6-26(7-9-27)21-24-16-18(19-4-2-14-31-19)20(25-21)17-3-1-5-23-15-17/h1-5,14-16H,6-13H2. The van der Waals surface area contributed by atoms with Crippen molar-refractivity contribution in [3.05, 3.63) is 48.2 Å². The molecule has 2 aliphatic rings. The molecule has 5 heterocycles. The van der Waals surface area contributed by atoms with Crippen LogP contribution in [0.15, 0.2) is 48.2 Å². The summed E-state index contributed by atoms with van der Waals surface area (Å²) in [7, 11) is 0. The lowest BCUT2D eigenvalue weighted by molar-refractivity contribution is 0.0428. The number of morpholine rings is 1. The van der Waals surface area contributed by atoms with Gasteiger partial charge < -0.3 is 19.4 Å². The summed E-state index contributed by atoms with van der Waals surface area (Å²) in [4.78, 5) is 33.7. The van der Waals surface area contributed by atoms with Crippen molar-refractivity contribution in [2.45, 2.75) is 0 Å². The fourth-order valence-corrected chi connectivity index (χ4v) is 4.65. The molecule has 160 valence electrons. The Balaban J connectivity index is 1.35. The largest absolute Gasteiger partial charge is 0.378 e. The number of urea groups is 1. The maximum Gasteiger partial charge on any atom is 0.320 e. The Hall–Kier alpha value is -3.04. The first-order chi connectivity index (χ1) is 15.3. The summed E-state index contributed by atoms with van der Waals surface area (Å²) in [6, 6.07) is 8.17. The smallest absolute Gasteiger partial charge is 0.320 e. The summed E-state index contributed by atoms with van der Waals surface area (Å²) in [5, 5.41) is 2.06. The van der Waals surface area contributed by atoms with E-state index in [9.17, 15) is 4.79 Å². The molecule has 0 N–H and O–H groups in total. The average molecular weight is 437 g/mol. The number of piperazine rings is 1. The highest BCUT2D eigenvalue weighted by Crippen LogP contribution is 2.33. The molecular weight excluding hydrogens is 412 g/mol. The Morgan fingerprint density at radius 2 is 1.77 bits per heavy atom.